The van der Waals surface area contributed by atoms with E-state index in [9.17, 15) is 0 Å². The second-order valence-electron chi connectivity index (χ2n) is 6.99. The van der Waals surface area contributed by atoms with Crippen LogP contribution in [-0.2, 0) is 0 Å². The Hall–Kier alpha value is -2.76. The number of aryl methyl sites for hydroxylation is 2. The summed E-state index contributed by atoms with van der Waals surface area (Å²) in [6.45, 7) is 9.93. The molecule has 1 aliphatic rings. The molecule has 0 unspecified atom stereocenters. The van der Waals surface area contributed by atoms with E-state index in [4.69, 9.17) is 0 Å². The molecule has 0 saturated carbocycles. The zero-order chi connectivity index (χ0) is 18.5. The molecule has 2 atom stereocenters. The Labute approximate surface area is 155 Å². The Morgan fingerprint density at radius 2 is 1.00 bits per heavy atom. The second-order valence-corrected chi connectivity index (χ2v) is 6.99. The van der Waals surface area contributed by atoms with Crippen LogP contribution < -0.4 is 0 Å². The molecule has 1 aliphatic heterocycles. The molecule has 6 heteroatoms. The second kappa shape index (κ2) is 8.08. The minimum Gasteiger partial charge on any atom is -0.272 e. The summed E-state index contributed by atoms with van der Waals surface area (Å²) in [6, 6.07) is 16.6. The van der Waals surface area contributed by atoms with Crippen LogP contribution in [0.15, 0.2) is 69.2 Å². The fraction of sp³-hybridized carbons (Fsp3) is 0.400. The number of rotatable bonds is 4. The van der Waals surface area contributed by atoms with Crippen LogP contribution in [0.1, 0.15) is 25.0 Å². The molecule has 1 heterocycles. The number of hydrogen-bond acceptors (Lipinski definition) is 4. The topological polar surface area (TPSA) is 55.9 Å². The molecular weight excluding hydrogens is 324 g/mol. The normalized spacial score (nSPS) is 21.1. The van der Waals surface area contributed by atoms with Gasteiger partial charge in [-0.2, -0.15) is 0 Å². The van der Waals surface area contributed by atoms with Gasteiger partial charge in [-0.05, 0) is 52.0 Å². The van der Waals surface area contributed by atoms with Crippen LogP contribution in [0.3, 0.4) is 0 Å². The van der Waals surface area contributed by atoms with Crippen LogP contribution in [0, 0.1) is 13.8 Å². The van der Waals surface area contributed by atoms with Crippen molar-refractivity contribution in [2.45, 2.75) is 39.8 Å². The van der Waals surface area contributed by atoms with Crippen LogP contribution in [0.5, 0.6) is 0 Å². The third kappa shape index (κ3) is 4.65. The quantitative estimate of drug-likeness (QED) is 0.694. The van der Waals surface area contributed by atoms with Gasteiger partial charge in [-0.1, -0.05) is 45.8 Å². The SMILES string of the molecule is Cc1ccc(N=NN2C[C@H](C)N(N=Nc3ccc(C)cc3)C[C@H]2C)cc1. The lowest BCUT2D eigenvalue weighted by molar-refractivity contribution is 0.0360. The van der Waals surface area contributed by atoms with Crippen molar-refractivity contribution >= 4 is 11.4 Å². The molecule has 0 N–H and O–H groups in total. The summed E-state index contributed by atoms with van der Waals surface area (Å²) >= 11 is 0. The minimum absolute atomic E-state index is 0.220. The Bertz CT molecular complexity index is 698. The highest BCUT2D eigenvalue weighted by molar-refractivity contribution is 5.38. The van der Waals surface area contributed by atoms with E-state index in [1.807, 2.05) is 58.5 Å². The van der Waals surface area contributed by atoms with Gasteiger partial charge < -0.3 is 0 Å². The summed E-state index contributed by atoms with van der Waals surface area (Å²) in [7, 11) is 0. The molecule has 0 amide bonds. The first-order valence-electron chi connectivity index (χ1n) is 9.01. The molecule has 0 spiro atoms. The van der Waals surface area contributed by atoms with Crippen molar-refractivity contribution in [3.63, 3.8) is 0 Å². The van der Waals surface area contributed by atoms with Gasteiger partial charge in [0.05, 0.1) is 36.5 Å². The van der Waals surface area contributed by atoms with Crippen molar-refractivity contribution in [1.82, 2.24) is 10.0 Å². The molecule has 0 aromatic heterocycles. The monoisotopic (exact) mass is 350 g/mol. The Morgan fingerprint density at radius 3 is 1.35 bits per heavy atom. The van der Waals surface area contributed by atoms with Gasteiger partial charge in [0.1, 0.15) is 0 Å². The fourth-order valence-electron chi connectivity index (χ4n) is 2.78. The van der Waals surface area contributed by atoms with E-state index in [1.54, 1.807) is 0 Å². The maximum absolute atomic E-state index is 4.44. The van der Waals surface area contributed by atoms with Gasteiger partial charge in [0.15, 0.2) is 0 Å². The summed E-state index contributed by atoms with van der Waals surface area (Å²) in [5.41, 5.74) is 4.19. The van der Waals surface area contributed by atoms with Gasteiger partial charge in [-0.25, -0.2) is 0 Å². The molecule has 1 saturated heterocycles. The summed E-state index contributed by atoms with van der Waals surface area (Å²) in [6.07, 6.45) is 0. The molecule has 26 heavy (non-hydrogen) atoms. The fourth-order valence-corrected chi connectivity index (χ4v) is 2.78. The van der Waals surface area contributed by atoms with Gasteiger partial charge in [0, 0.05) is 0 Å². The molecular formula is C20H26N6. The van der Waals surface area contributed by atoms with E-state index in [2.05, 4.69) is 48.4 Å². The van der Waals surface area contributed by atoms with Crippen LogP contribution in [-0.4, -0.2) is 35.2 Å². The highest BCUT2D eigenvalue weighted by Gasteiger charge is 2.28. The molecule has 2 aromatic carbocycles. The maximum atomic E-state index is 4.44. The molecule has 0 bridgehead atoms. The van der Waals surface area contributed by atoms with Gasteiger partial charge >= 0.3 is 0 Å². The van der Waals surface area contributed by atoms with Gasteiger partial charge in [0.2, 0.25) is 0 Å². The average Bonchev–Trinajstić information content (AvgIpc) is 2.63. The van der Waals surface area contributed by atoms with E-state index in [-0.39, 0.29) is 12.1 Å². The predicted octanol–water partition coefficient (Wildman–Crippen LogP) is 5.40. The standard InChI is InChI=1S/C20H26N6/c1-15-5-9-19(10-6-15)21-23-25-13-18(4)26(14-17(25)3)24-22-20-11-7-16(2)8-12-20/h5-12,17-18H,13-14H2,1-4H3/t17-,18+. The maximum Gasteiger partial charge on any atom is 0.0874 e. The molecule has 0 radical (unpaired) electrons. The number of benzene rings is 2. The molecule has 1 fully saturated rings. The van der Waals surface area contributed by atoms with Crippen molar-refractivity contribution in [2.24, 2.45) is 20.7 Å². The Kier molecular flexibility index (Phi) is 5.61. The third-order valence-electron chi connectivity index (χ3n) is 4.54. The minimum atomic E-state index is 0.220. The van der Waals surface area contributed by atoms with E-state index >= 15 is 0 Å². The first-order valence-corrected chi connectivity index (χ1v) is 9.01. The molecule has 3 rings (SSSR count). The smallest absolute Gasteiger partial charge is 0.0874 e. The number of nitrogens with zero attached hydrogens (tertiary/aromatic N) is 6. The first kappa shape index (κ1) is 18.0. The van der Waals surface area contributed by atoms with Crippen molar-refractivity contribution in [2.75, 3.05) is 13.1 Å². The Morgan fingerprint density at radius 1 is 0.654 bits per heavy atom. The van der Waals surface area contributed by atoms with Crippen molar-refractivity contribution < 1.29 is 0 Å². The van der Waals surface area contributed by atoms with E-state index < -0.39 is 0 Å². The highest BCUT2D eigenvalue weighted by Crippen LogP contribution is 2.21. The molecule has 6 nitrogen and oxygen atoms in total. The third-order valence-corrected chi connectivity index (χ3v) is 4.54. The van der Waals surface area contributed by atoms with Gasteiger partial charge in [0.25, 0.3) is 0 Å². The number of hydrogen-bond donors (Lipinski definition) is 0. The van der Waals surface area contributed by atoms with E-state index in [0.29, 0.717) is 0 Å². The van der Waals surface area contributed by atoms with E-state index in [1.165, 1.54) is 11.1 Å². The lowest BCUT2D eigenvalue weighted by atomic mass is 10.2. The first-order chi connectivity index (χ1) is 12.5. The lowest BCUT2D eigenvalue weighted by Gasteiger charge is -2.39. The Balaban J connectivity index is 1.61. The predicted molar refractivity (Wildman–Crippen MR) is 104 cm³/mol. The summed E-state index contributed by atoms with van der Waals surface area (Å²) in [5, 5.41) is 21.7. The zero-order valence-electron chi connectivity index (χ0n) is 15.9. The van der Waals surface area contributed by atoms with Gasteiger partial charge in [-0.3, -0.25) is 10.0 Å². The van der Waals surface area contributed by atoms with Crippen molar-refractivity contribution in [3.05, 3.63) is 59.7 Å². The van der Waals surface area contributed by atoms with Crippen LogP contribution in [0.2, 0.25) is 0 Å². The van der Waals surface area contributed by atoms with Crippen molar-refractivity contribution in [1.29, 1.82) is 0 Å². The largest absolute Gasteiger partial charge is 0.272 e. The van der Waals surface area contributed by atoms with Crippen LogP contribution >= 0.6 is 0 Å². The van der Waals surface area contributed by atoms with Crippen molar-refractivity contribution in [3.8, 4) is 0 Å². The summed E-state index contributed by atoms with van der Waals surface area (Å²) in [5.74, 6) is 0. The van der Waals surface area contributed by atoms with Crippen LogP contribution in [0.25, 0.3) is 0 Å². The number of piperazine rings is 1. The lowest BCUT2D eigenvalue weighted by Crippen LogP contribution is -2.52. The molecule has 2 aromatic rings. The van der Waals surface area contributed by atoms with Gasteiger partial charge in [-0.15, -0.1) is 10.2 Å². The molecule has 136 valence electrons. The van der Waals surface area contributed by atoms with E-state index in [0.717, 1.165) is 24.5 Å². The highest BCUT2D eigenvalue weighted by atomic mass is 15.6. The summed E-state index contributed by atoms with van der Waals surface area (Å²) < 4.78 is 0. The average molecular weight is 350 g/mol. The summed E-state index contributed by atoms with van der Waals surface area (Å²) in [4.78, 5) is 0. The van der Waals surface area contributed by atoms with Crippen LogP contribution in [0.4, 0.5) is 11.4 Å². The zero-order valence-corrected chi connectivity index (χ0v) is 15.9. The molecule has 0 aliphatic carbocycles.